The lowest BCUT2D eigenvalue weighted by Crippen LogP contribution is -2.46. The maximum atomic E-state index is 12.4. The van der Waals surface area contributed by atoms with Crippen LogP contribution in [-0.4, -0.2) is 53.4 Å². The molecule has 1 aliphatic carbocycles. The quantitative estimate of drug-likeness (QED) is 0.643. The number of hydrogen-bond acceptors (Lipinski definition) is 3. The van der Waals surface area contributed by atoms with Crippen LogP contribution < -0.4 is 5.32 Å². The predicted octanol–water partition coefficient (Wildman–Crippen LogP) is 1.88. The zero-order valence-corrected chi connectivity index (χ0v) is 14.1. The minimum atomic E-state index is -0.868. The first-order valence-electron chi connectivity index (χ1n) is 8.32. The van der Waals surface area contributed by atoms with Crippen LogP contribution >= 0.6 is 0 Å². The molecule has 1 unspecified atom stereocenters. The van der Waals surface area contributed by atoms with Crippen molar-refractivity contribution in [3.05, 3.63) is 35.9 Å². The number of urea groups is 1. The second-order valence-electron chi connectivity index (χ2n) is 6.78. The van der Waals surface area contributed by atoms with Gasteiger partial charge in [-0.3, -0.25) is 4.79 Å². The Labute approximate surface area is 142 Å². The van der Waals surface area contributed by atoms with Crippen LogP contribution in [0.15, 0.2) is 30.3 Å². The molecule has 0 heterocycles. The smallest absolute Gasteiger partial charge is 0.317 e. The van der Waals surface area contributed by atoms with Gasteiger partial charge in [-0.2, -0.15) is 0 Å². The number of carboxylic acid groups (broad SMARTS) is 1. The fourth-order valence-corrected chi connectivity index (χ4v) is 2.82. The second-order valence-corrected chi connectivity index (χ2v) is 6.78. The maximum absolute atomic E-state index is 12.4. The molecule has 2 rings (SSSR count). The van der Waals surface area contributed by atoms with Gasteiger partial charge in [0.2, 0.25) is 0 Å². The third kappa shape index (κ3) is 5.53. The number of hydrogen-bond donors (Lipinski definition) is 3. The van der Waals surface area contributed by atoms with Crippen molar-refractivity contribution in [1.29, 1.82) is 0 Å². The fraction of sp³-hybridized carbons (Fsp3) is 0.556. The van der Waals surface area contributed by atoms with Crippen molar-refractivity contribution >= 4 is 12.0 Å². The highest BCUT2D eigenvalue weighted by atomic mass is 16.4. The molecule has 0 bridgehead atoms. The molecule has 1 aromatic rings. The van der Waals surface area contributed by atoms with Crippen molar-refractivity contribution in [3.63, 3.8) is 0 Å². The molecular weight excluding hydrogens is 308 g/mol. The van der Waals surface area contributed by atoms with E-state index in [0.29, 0.717) is 19.4 Å². The summed E-state index contributed by atoms with van der Waals surface area (Å²) in [6.07, 6.45) is 2.87. The number of nitrogens with one attached hydrogen (secondary N) is 1. The Hall–Kier alpha value is -2.08. The molecule has 1 saturated carbocycles. The van der Waals surface area contributed by atoms with Crippen LogP contribution in [0.5, 0.6) is 0 Å². The second kappa shape index (κ2) is 8.15. The zero-order valence-electron chi connectivity index (χ0n) is 14.1. The van der Waals surface area contributed by atoms with Gasteiger partial charge in [0, 0.05) is 31.5 Å². The largest absolute Gasteiger partial charge is 0.481 e. The summed E-state index contributed by atoms with van der Waals surface area (Å²) in [5.74, 6) is -0.868. The normalized spacial score (nSPS) is 16.2. The highest BCUT2D eigenvalue weighted by Gasteiger charge is 2.43. The molecule has 1 atom stereocenters. The number of amides is 2. The van der Waals surface area contributed by atoms with Crippen molar-refractivity contribution in [3.8, 4) is 0 Å². The third-order valence-corrected chi connectivity index (χ3v) is 4.57. The van der Waals surface area contributed by atoms with Gasteiger partial charge < -0.3 is 20.4 Å². The number of rotatable bonds is 9. The molecule has 6 heteroatoms. The average molecular weight is 334 g/mol. The standard InChI is InChI=1S/C18H26N2O4/c1-20(12-18(13-21)9-10-18)17(24)19-15(7-8-16(22)23)11-14-5-3-2-4-6-14/h2-6,15,21H,7-13H2,1H3,(H,19,24)(H,22,23). The number of aliphatic hydroxyl groups excluding tert-OH is 1. The summed E-state index contributed by atoms with van der Waals surface area (Å²) in [6, 6.07) is 9.25. The van der Waals surface area contributed by atoms with E-state index in [4.69, 9.17) is 5.11 Å². The first-order valence-corrected chi connectivity index (χ1v) is 8.32. The summed E-state index contributed by atoms with van der Waals surface area (Å²) < 4.78 is 0. The van der Waals surface area contributed by atoms with Gasteiger partial charge in [0.25, 0.3) is 0 Å². The number of carbonyl (C=O) groups excluding carboxylic acids is 1. The van der Waals surface area contributed by atoms with Crippen molar-refractivity contribution in [2.75, 3.05) is 20.2 Å². The molecule has 0 aliphatic heterocycles. The van der Waals surface area contributed by atoms with Crippen LogP contribution in [0.4, 0.5) is 4.79 Å². The van der Waals surface area contributed by atoms with Crippen LogP contribution in [0.2, 0.25) is 0 Å². The minimum Gasteiger partial charge on any atom is -0.481 e. The summed E-state index contributed by atoms with van der Waals surface area (Å²) in [5.41, 5.74) is 0.923. The first-order chi connectivity index (χ1) is 11.4. The number of benzene rings is 1. The average Bonchev–Trinajstić information content (AvgIpc) is 3.33. The van der Waals surface area contributed by atoms with Gasteiger partial charge in [-0.05, 0) is 31.2 Å². The van der Waals surface area contributed by atoms with E-state index >= 15 is 0 Å². The summed E-state index contributed by atoms with van der Waals surface area (Å²) in [7, 11) is 1.71. The van der Waals surface area contributed by atoms with Crippen LogP contribution in [0.1, 0.15) is 31.2 Å². The number of carbonyl (C=O) groups is 2. The Morgan fingerprint density at radius 1 is 1.29 bits per heavy atom. The lowest BCUT2D eigenvalue weighted by Gasteiger charge is -2.26. The van der Waals surface area contributed by atoms with E-state index in [9.17, 15) is 14.7 Å². The molecule has 0 saturated heterocycles. The molecule has 0 radical (unpaired) electrons. The molecule has 2 amide bonds. The van der Waals surface area contributed by atoms with E-state index in [0.717, 1.165) is 18.4 Å². The Morgan fingerprint density at radius 3 is 2.50 bits per heavy atom. The SMILES string of the molecule is CN(CC1(CO)CC1)C(=O)NC(CCC(=O)O)Cc1ccccc1. The lowest BCUT2D eigenvalue weighted by atomic mass is 10.0. The third-order valence-electron chi connectivity index (χ3n) is 4.57. The highest BCUT2D eigenvalue weighted by Crippen LogP contribution is 2.45. The van der Waals surface area contributed by atoms with Gasteiger partial charge >= 0.3 is 12.0 Å². The topological polar surface area (TPSA) is 89.9 Å². The van der Waals surface area contributed by atoms with Gasteiger partial charge in [0.1, 0.15) is 0 Å². The first kappa shape index (κ1) is 18.3. The Bertz CT molecular complexity index is 557. The van der Waals surface area contributed by atoms with E-state index in [1.807, 2.05) is 30.3 Å². The molecule has 1 aliphatic rings. The summed E-state index contributed by atoms with van der Waals surface area (Å²) in [4.78, 5) is 24.8. The van der Waals surface area contributed by atoms with Gasteiger partial charge in [0.05, 0.1) is 6.61 Å². The van der Waals surface area contributed by atoms with Crippen molar-refractivity contribution in [2.45, 2.75) is 38.1 Å². The van der Waals surface area contributed by atoms with Crippen molar-refractivity contribution < 1.29 is 19.8 Å². The van der Waals surface area contributed by atoms with Crippen LogP contribution in [-0.2, 0) is 11.2 Å². The van der Waals surface area contributed by atoms with E-state index in [1.54, 1.807) is 11.9 Å². The number of carboxylic acids is 1. The number of aliphatic carboxylic acids is 1. The molecule has 0 spiro atoms. The lowest BCUT2D eigenvalue weighted by molar-refractivity contribution is -0.137. The summed E-state index contributed by atoms with van der Waals surface area (Å²) >= 11 is 0. The molecule has 132 valence electrons. The number of nitrogens with zero attached hydrogens (tertiary/aromatic N) is 1. The van der Waals surface area contributed by atoms with E-state index < -0.39 is 5.97 Å². The van der Waals surface area contributed by atoms with Crippen LogP contribution in [0.3, 0.4) is 0 Å². The van der Waals surface area contributed by atoms with Gasteiger partial charge in [0.15, 0.2) is 0 Å². The zero-order chi connectivity index (χ0) is 17.6. The molecule has 24 heavy (non-hydrogen) atoms. The van der Waals surface area contributed by atoms with E-state index in [2.05, 4.69) is 5.32 Å². The number of aliphatic hydroxyl groups is 1. The summed E-state index contributed by atoms with van der Waals surface area (Å²) in [5, 5.41) is 21.2. The summed E-state index contributed by atoms with van der Waals surface area (Å²) in [6.45, 7) is 0.614. The van der Waals surface area contributed by atoms with E-state index in [1.165, 1.54) is 0 Å². The molecule has 6 nitrogen and oxygen atoms in total. The predicted molar refractivity (Wildman–Crippen MR) is 90.7 cm³/mol. The maximum Gasteiger partial charge on any atom is 0.317 e. The Morgan fingerprint density at radius 2 is 1.96 bits per heavy atom. The van der Waals surface area contributed by atoms with Crippen molar-refractivity contribution in [2.24, 2.45) is 5.41 Å². The molecule has 3 N–H and O–H groups in total. The van der Waals surface area contributed by atoms with Gasteiger partial charge in [-0.15, -0.1) is 0 Å². The fourth-order valence-electron chi connectivity index (χ4n) is 2.82. The minimum absolute atomic E-state index is 0.0159. The van der Waals surface area contributed by atoms with Crippen molar-refractivity contribution in [1.82, 2.24) is 10.2 Å². The Kier molecular flexibility index (Phi) is 6.20. The van der Waals surface area contributed by atoms with Crippen LogP contribution in [0.25, 0.3) is 0 Å². The molecular formula is C18H26N2O4. The van der Waals surface area contributed by atoms with Crippen LogP contribution in [0, 0.1) is 5.41 Å². The van der Waals surface area contributed by atoms with Gasteiger partial charge in [-0.25, -0.2) is 4.79 Å². The Balaban J connectivity index is 1.92. The molecule has 0 aromatic heterocycles. The monoisotopic (exact) mass is 334 g/mol. The highest BCUT2D eigenvalue weighted by molar-refractivity contribution is 5.74. The molecule has 1 aromatic carbocycles. The molecule has 1 fully saturated rings. The van der Waals surface area contributed by atoms with Gasteiger partial charge in [-0.1, -0.05) is 30.3 Å². The van der Waals surface area contributed by atoms with E-state index in [-0.39, 0.29) is 30.5 Å².